The van der Waals surface area contributed by atoms with Crippen molar-refractivity contribution >= 4 is 5.69 Å². The lowest BCUT2D eigenvalue weighted by molar-refractivity contribution is 0.315. The third-order valence-corrected chi connectivity index (χ3v) is 2.68. The van der Waals surface area contributed by atoms with Crippen LogP contribution in [0.25, 0.3) is 0 Å². The predicted molar refractivity (Wildman–Crippen MR) is 76.2 cm³/mol. The molecule has 0 bridgehead atoms. The van der Waals surface area contributed by atoms with Crippen LogP contribution in [0.5, 0.6) is 5.75 Å². The average Bonchev–Trinajstić information content (AvgIpc) is 2.49. The second-order valence-electron chi connectivity index (χ2n) is 4.13. The summed E-state index contributed by atoms with van der Waals surface area (Å²) in [4.78, 5) is 0. The van der Waals surface area contributed by atoms with E-state index in [2.05, 4.69) is 11.4 Å². The number of ether oxygens (including phenoxy) is 1. The molecule has 3 heteroatoms. The Hall–Kier alpha value is -2.47. The molecule has 0 unspecified atom stereocenters. The highest BCUT2D eigenvalue weighted by molar-refractivity contribution is 5.47. The zero-order valence-corrected chi connectivity index (χ0v) is 10.7. The Morgan fingerprint density at radius 3 is 2.42 bits per heavy atom. The standard InChI is InChI=1S/C16H16N2O/c17-13-14-7-9-15(10-8-14)18-11-4-12-19-16-5-2-1-3-6-16/h1-3,5-10,18H,4,11-12H2. The fourth-order valence-electron chi connectivity index (χ4n) is 1.67. The van der Waals surface area contributed by atoms with Crippen molar-refractivity contribution in [2.24, 2.45) is 0 Å². The van der Waals surface area contributed by atoms with Crippen LogP contribution in [0.1, 0.15) is 12.0 Å². The number of nitrogens with zero attached hydrogens (tertiary/aromatic N) is 1. The van der Waals surface area contributed by atoms with E-state index in [0.717, 1.165) is 24.4 Å². The Morgan fingerprint density at radius 1 is 1.00 bits per heavy atom. The number of nitriles is 1. The summed E-state index contributed by atoms with van der Waals surface area (Å²) >= 11 is 0. The Kier molecular flexibility index (Phi) is 4.83. The van der Waals surface area contributed by atoms with E-state index in [1.54, 1.807) is 0 Å². The summed E-state index contributed by atoms with van der Waals surface area (Å²) in [6.45, 7) is 1.53. The number of rotatable bonds is 6. The van der Waals surface area contributed by atoms with Gasteiger partial charge in [0.05, 0.1) is 18.2 Å². The van der Waals surface area contributed by atoms with Gasteiger partial charge < -0.3 is 10.1 Å². The van der Waals surface area contributed by atoms with Crippen LogP contribution in [0.3, 0.4) is 0 Å². The molecule has 0 saturated carbocycles. The van der Waals surface area contributed by atoms with Gasteiger partial charge in [-0.2, -0.15) is 5.26 Å². The van der Waals surface area contributed by atoms with E-state index < -0.39 is 0 Å². The maximum absolute atomic E-state index is 8.70. The molecule has 0 radical (unpaired) electrons. The van der Waals surface area contributed by atoms with Crippen molar-refractivity contribution in [3.05, 3.63) is 60.2 Å². The van der Waals surface area contributed by atoms with Crippen LogP contribution < -0.4 is 10.1 Å². The van der Waals surface area contributed by atoms with Crippen molar-refractivity contribution < 1.29 is 4.74 Å². The molecular weight excluding hydrogens is 236 g/mol. The molecule has 0 aliphatic heterocycles. The van der Waals surface area contributed by atoms with Crippen LogP contribution in [0, 0.1) is 11.3 Å². The number of hydrogen-bond acceptors (Lipinski definition) is 3. The third-order valence-electron chi connectivity index (χ3n) is 2.68. The zero-order chi connectivity index (χ0) is 13.3. The van der Waals surface area contributed by atoms with Crippen LogP contribution >= 0.6 is 0 Å². The second kappa shape index (κ2) is 7.07. The Balaban J connectivity index is 1.65. The quantitative estimate of drug-likeness (QED) is 0.801. The number of benzene rings is 2. The van der Waals surface area contributed by atoms with Crippen LogP contribution in [0.4, 0.5) is 5.69 Å². The summed E-state index contributed by atoms with van der Waals surface area (Å²) < 4.78 is 5.60. The van der Waals surface area contributed by atoms with Gasteiger partial charge in [0, 0.05) is 12.2 Å². The van der Waals surface area contributed by atoms with E-state index in [0.29, 0.717) is 12.2 Å². The van der Waals surface area contributed by atoms with Gasteiger partial charge in [-0.25, -0.2) is 0 Å². The molecule has 0 heterocycles. The average molecular weight is 252 g/mol. The van der Waals surface area contributed by atoms with Gasteiger partial charge >= 0.3 is 0 Å². The van der Waals surface area contributed by atoms with E-state index in [-0.39, 0.29) is 0 Å². The molecule has 0 amide bonds. The molecule has 2 rings (SSSR count). The molecule has 0 saturated heterocycles. The normalized spacial score (nSPS) is 9.63. The molecule has 3 nitrogen and oxygen atoms in total. The van der Waals surface area contributed by atoms with Gasteiger partial charge in [0.15, 0.2) is 0 Å². The SMILES string of the molecule is N#Cc1ccc(NCCCOc2ccccc2)cc1. The summed E-state index contributed by atoms with van der Waals surface area (Å²) in [5.74, 6) is 0.904. The largest absolute Gasteiger partial charge is 0.494 e. The van der Waals surface area contributed by atoms with Gasteiger partial charge in [-0.3, -0.25) is 0 Å². The number of anilines is 1. The highest BCUT2D eigenvalue weighted by Gasteiger charge is 1.94. The predicted octanol–water partition coefficient (Wildman–Crippen LogP) is 3.44. The van der Waals surface area contributed by atoms with Gasteiger partial charge in [0.1, 0.15) is 5.75 Å². The van der Waals surface area contributed by atoms with Gasteiger partial charge in [-0.15, -0.1) is 0 Å². The Labute approximate surface area is 113 Å². The lowest BCUT2D eigenvalue weighted by Crippen LogP contribution is -2.07. The molecule has 0 atom stereocenters. The first-order valence-corrected chi connectivity index (χ1v) is 6.30. The summed E-state index contributed by atoms with van der Waals surface area (Å²) in [5.41, 5.74) is 1.71. The van der Waals surface area contributed by atoms with Crippen LogP contribution in [0.15, 0.2) is 54.6 Å². The van der Waals surface area contributed by atoms with Crippen molar-refractivity contribution in [2.45, 2.75) is 6.42 Å². The van der Waals surface area contributed by atoms with Crippen molar-refractivity contribution in [2.75, 3.05) is 18.5 Å². The van der Waals surface area contributed by atoms with Crippen molar-refractivity contribution in [3.63, 3.8) is 0 Å². The van der Waals surface area contributed by atoms with Crippen LogP contribution in [0.2, 0.25) is 0 Å². The number of hydrogen-bond donors (Lipinski definition) is 1. The Morgan fingerprint density at radius 2 is 1.74 bits per heavy atom. The molecule has 0 aromatic heterocycles. The molecule has 19 heavy (non-hydrogen) atoms. The minimum Gasteiger partial charge on any atom is -0.494 e. The minimum absolute atomic E-state index is 0.679. The topological polar surface area (TPSA) is 45.0 Å². The molecule has 0 fully saturated rings. The molecular formula is C16H16N2O. The molecule has 0 aliphatic rings. The Bertz CT molecular complexity index is 529. The van der Waals surface area contributed by atoms with E-state index in [4.69, 9.17) is 10.00 Å². The first kappa shape index (κ1) is 13.0. The fraction of sp³-hybridized carbons (Fsp3) is 0.188. The van der Waals surface area contributed by atoms with Gasteiger partial charge in [0.25, 0.3) is 0 Å². The first-order chi connectivity index (χ1) is 9.38. The molecule has 1 N–H and O–H groups in total. The highest BCUT2D eigenvalue weighted by Crippen LogP contribution is 2.10. The number of para-hydroxylation sites is 1. The molecule has 0 aliphatic carbocycles. The van der Waals surface area contributed by atoms with E-state index in [9.17, 15) is 0 Å². The highest BCUT2D eigenvalue weighted by atomic mass is 16.5. The maximum atomic E-state index is 8.70. The minimum atomic E-state index is 0.679. The van der Waals surface area contributed by atoms with Crippen molar-refractivity contribution in [1.29, 1.82) is 5.26 Å². The molecule has 2 aromatic carbocycles. The van der Waals surface area contributed by atoms with E-state index in [1.807, 2.05) is 54.6 Å². The first-order valence-electron chi connectivity index (χ1n) is 6.30. The smallest absolute Gasteiger partial charge is 0.119 e. The second-order valence-corrected chi connectivity index (χ2v) is 4.13. The van der Waals surface area contributed by atoms with Crippen molar-refractivity contribution in [3.8, 4) is 11.8 Å². The van der Waals surface area contributed by atoms with Gasteiger partial charge in [-0.1, -0.05) is 18.2 Å². The van der Waals surface area contributed by atoms with Crippen molar-refractivity contribution in [1.82, 2.24) is 0 Å². The number of nitrogens with one attached hydrogen (secondary N) is 1. The van der Waals surface area contributed by atoms with Crippen LogP contribution in [-0.2, 0) is 0 Å². The molecule has 0 spiro atoms. The summed E-state index contributed by atoms with van der Waals surface area (Å²) in [7, 11) is 0. The third kappa shape index (κ3) is 4.36. The van der Waals surface area contributed by atoms with Gasteiger partial charge in [0.2, 0.25) is 0 Å². The fourth-order valence-corrected chi connectivity index (χ4v) is 1.67. The van der Waals surface area contributed by atoms with E-state index >= 15 is 0 Å². The summed E-state index contributed by atoms with van der Waals surface area (Å²) in [5, 5.41) is 12.0. The lowest BCUT2D eigenvalue weighted by atomic mass is 10.2. The lowest BCUT2D eigenvalue weighted by Gasteiger charge is -2.08. The van der Waals surface area contributed by atoms with Gasteiger partial charge in [-0.05, 0) is 42.8 Å². The summed E-state index contributed by atoms with van der Waals surface area (Å²) in [6.07, 6.45) is 0.925. The van der Waals surface area contributed by atoms with E-state index in [1.165, 1.54) is 0 Å². The summed E-state index contributed by atoms with van der Waals surface area (Å²) in [6, 6.07) is 19.3. The zero-order valence-electron chi connectivity index (χ0n) is 10.7. The monoisotopic (exact) mass is 252 g/mol. The van der Waals surface area contributed by atoms with Crippen LogP contribution in [-0.4, -0.2) is 13.2 Å². The molecule has 2 aromatic rings. The molecule has 96 valence electrons. The maximum Gasteiger partial charge on any atom is 0.119 e.